The van der Waals surface area contributed by atoms with Gasteiger partial charge in [-0.05, 0) is 80.2 Å². The standard InChI is InChI=1S/C43H43FN10O5/c44-33-23-51(28-21-52(22-28)27-8-11-31-32(20-27)43(58)53(42(31)57)35-12-13-36(55)48-41(35)56)19-16-34(33)50-17-14-26(15-18-50)54-40-37(39(45)46-24-47-40)38(49-54)25-6-9-30(10-7-25)59-29-4-2-1-3-5-29/h1-11,20,24,26,28,33-35H,12-19,21-23H2,(H2,45,46,47)(H,48,55,56)/i8D,20D. The molecule has 16 heteroatoms. The van der Waals surface area contributed by atoms with Crippen LogP contribution in [0.5, 0.6) is 11.5 Å². The Morgan fingerprint density at radius 2 is 1.54 bits per heavy atom. The predicted molar refractivity (Wildman–Crippen MR) is 216 cm³/mol. The maximum absolute atomic E-state index is 16.1. The Morgan fingerprint density at radius 1 is 0.814 bits per heavy atom. The van der Waals surface area contributed by atoms with Gasteiger partial charge in [-0.25, -0.2) is 19.0 Å². The van der Waals surface area contributed by atoms with Gasteiger partial charge in [0.15, 0.2) is 5.65 Å². The van der Waals surface area contributed by atoms with Crippen LogP contribution in [0.15, 0.2) is 79.1 Å². The number of anilines is 2. The Morgan fingerprint density at radius 3 is 2.29 bits per heavy atom. The fourth-order valence-corrected chi connectivity index (χ4v) is 9.24. The number of ether oxygens (including phenoxy) is 1. The number of piperidine rings is 3. The Kier molecular flexibility index (Phi) is 8.74. The van der Waals surface area contributed by atoms with Crippen LogP contribution < -0.4 is 20.7 Å². The third-order valence-electron chi connectivity index (χ3n) is 12.4. The molecule has 7 heterocycles. The number of hydrogen-bond donors (Lipinski definition) is 2. The number of aromatic nitrogens is 4. The maximum Gasteiger partial charge on any atom is 0.262 e. The van der Waals surface area contributed by atoms with Crippen molar-refractivity contribution in [3.8, 4) is 22.8 Å². The molecule has 302 valence electrons. The molecule has 4 amide bonds. The van der Waals surface area contributed by atoms with E-state index in [4.69, 9.17) is 18.3 Å². The number of nitrogens with zero attached hydrogens (tertiary/aromatic N) is 8. The summed E-state index contributed by atoms with van der Waals surface area (Å²) < 4.78 is 41.6. The van der Waals surface area contributed by atoms with E-state index in [-0.39, 0.29) is 66.4 Å². The van der Waals surface area contributed by atoms with E-state index in [1.165, 1.54) is 12.4 Å². The molecule has 3 aromatic carbocycles. The molecule has 0 aliphatic carbocycles. The fraction of sp³-hybridized carbons (Fsp3) is 0.372. The molecule has 59 heavy (non-hydrogen) atoms. The first-order chi connectivity index (χ1) is 29.5. The number of amides is 4. The number of nitrogens with two attached hydrogens (primary N) is 1. The average Bonchev–Trinajstić information content (AvgIpc) is 3.74. The topological polar surface area (TPSA) is 172 Å². The fourth-order valence-electron chi connectivity index (χ4n) is 9.24. The number of likely N-dealkylation sites (tertiary alicyclic amines) is 2. The van der Waals surface area contributed by atoms with E-state index < -0.39 is 35.8 Å². The molecule has 4 saturated heterocycles. The van der Waals surface area contributed by atoms with Crippen molar-refractivity contribution in [2.75, 3.05) is 49.9 Å². The third-order valence-corrected chi connectivity index (χ3v) is 12.4. The van der Waals surface area contributed by atoms with Gasteiger partial charge in [0, 0.05) is 69.0 Å². The smallest absolute Gasteiger partial charge is 0.262 e. The van der Waals surface area contributed by atoms with Crippen LogP contribution in [0.1, 0.15) is 61.6 Å². The van der Waals surface area contributed by atoms with Crippen molar-refractivity contribution in [1.29, 1.82) is 0 Å². The highest BCUT2D eigenvalue weighted by Gasteiger charge is 2.46. The molecule has 0 bridgehead atoms. The Hall–Kier alpha value is -6.26. The summed E-state index contributed by atoms with van der Waals surface area (Å²) >= 11 is 0. The first kappa shape index (κ1) is 34.8. The molecule has 5 aromatic rings. The SMILES string of the molecule is [2H]c1cc2c(c([2H])c1N1CC(N3CCC(N4CCC(n5nc(-c6ccc(Oc7ccccc7)cc6)c6c(N)ncnc65)CC4)C(F)C3)C1)C(=O)N(C1CCC(=O)NC1=O)C2=O. The zero-order chi connectivity index (χ0) is 42.1. The lowest BCUT2D eigenvalue weighted by Crippen LogP contribution is -2.64. The minimum Gasteiger partial charge on any atom is -0.457 e. The van der Waals surface area contributed by atoms with Crippen molar-refractivity contribution < 1.29 is 31.0 Å². The molecular formula is C43H43FN10O5. The molecule has 5 aliphatic heterocycles. The van der Waals surface area contributed by atoms with Crippen LogP contribution >= 0.6 is 0 Å². The van der Waals surface area contributed by atoms with Crippen molar-refractivity contribution in [3.05, 3.63) is 90.2 Å². The number of rotatable bonds is 8. The molecule has 0 spiro atoms. The maximum atomic E-state index is 16.1. The summed E-state index contributed by atoms with van der Waals surface area (Å²) in [7, 11) is 0. The first-order valence-electron chi connectivity index (χ1n) is 21.1. The van der Waals surface area contributed by atoms with E-state index in [9.17, 15) is 19.2 Å². The van der Waals surface area contributed by atoms with Gasteiger partial charge in [0.05, 0.1) is 25.3 Å². The summed E-state index contributed by atoms with van der Waals surface area (Å²) in [6, 6.07) is 16.9. The largest absolute Gasteiger partial charge is 0.457 e. The zero-order valence-electron chi connectivity index (χ0n) is 34.1. The highest BCUT2D eigenvalue weighted by atomic mass is 19.1. The van der Waals surface area contributed by atoms with Crippen molar-refractivity contribution >= 4 is 46.2 Å². The Bertz CT molecular complexity index is 2580. The minimum absolute atomic E-state index is 0.00106. The highest BCUT2D eigenvalue weighted by Crippen LogP contribution is 2.37. The molecule has 3 unspecified atom stereocenters. The number of nitrogen functional groups attached to an aromatic ring is 1. The number of carbonyl (C=O) groups is 4. The second kappa shape index (κ2) is 14.8. The average molecular weight is 801 g/mol. The number of fused-ring (bicyclic) bond motifs is 2. The second-order valence-corrected chi connectivity index (χ2v) is 15.9. The third kappa shape index (κ3) is 6.65. The lowest BCUT2D eigenvalue weighted by molar-refractivity contribution is -0.136. The van der Waals surface area contributed by atoms with Crippen LogP contribution in [0.2, 0.25) is 0 Å². The van der Waals surface area contributed by atoms with E-state index in [1.807, 2.05) is 64.2 Å². The van der Waals surface area contributed by atoms with Crippen molar-refractivity contribution in [1.82, 2.24) is 39.8 Å². The van der Waals surface area contributed by atoms with Gasteiger partial charge in [-0.1, -0.05) is 18.2 Å². The van der Waals surface area contributed by atoms with Gasteiger partial charge in [-0.3, -0.25) is 39.2 Å². The van der Waals surface area contributed by atoms with Gasteiger partial charge < -0.3 is 15.4 Å². The van der Waals surface area contributed by atoms with Crippen LogP contribution in [0.3, 0.4) is 0 Å². The van der Waals surface area contributed by atoms with Gasteiger partial charge in [0.1, 0.15) is 41.6 Å². The number of benzene rings is 3. The molecule has 15 nitrogen and oxygen atoms in total. The second-order valence-electron chi connectivity index (χ2n) is 15.9. The summed E-state index contributed by atoms with van der Waals surface area (Å²) in [5.41, 5.74) is 8.64. The number of para-hydroxylation sites is 1. The van der Waals surface area contributed by atoms with Crippen molar-refractivity contribution in [2.24, 2.45) is 0 Å². The van der Waals surface area contributed by atoms with Crippen LogP contribution in [0.25, 0.3) is 22.3 Å². The van der Waals surface area contributed by atoms with E-state index in [0.29, 0.717) is 67.4 Å². The van der Waals surface area contributed by atoms with Gasteiger partial charge in [0.25, 0.3) is 11.8 Å². The van der Waals surface area contributed by atoms with Gasteiger partial charge in [-0.2, -0.15) is 5.10 Å². The number of alkyl halides is 1. The molecule has 5 aliphatic rings. The molecule has 2 aromatic heterocycles. The van der Waals surface area contributed by atoms with Crippen molar-refractivity contribution in [3.63, 3.8) is 0 Å². The Balaban J connectivity index is 0.762. The van der Waals surface area contributed by atoms with E-state index >= 15 is 4.39 Å². The minimum atomic E-state index is -1.16. The molecule has 3 atom stereocenters. The lowest BCUT2D eigenvalue weighted by Gasteiger charge is -2.51. The van der Waals surface area contributed by atoms with Crippen LogP contribution in [0.4, 0.5) is 15.9 Å². The number of hydrogen-bond acceptors (Lipinski definition) is 12. The van der Waals surface area contributed by atoms with E-state index in [2.05, 4.69) is 25.1 Å². The predicted octanol–water partition coefficient (Wildman–Crippen LogP) is 4.21. The van der Waals surface area contributed by atoms with Gasteiger partial charge in [-0.15, -0.1) is 0 Å². The van der Waals surface area contributed by atoms with Gasteiger partial charge >= 0.3 is 0 Å². The monoisotopic (exact) mass is 800 g/mol. The first-order valence-corrected chi connectivity index (χ1v) is 20.1. The highest BCUT2D eigenvalue weighted by molar-refractivity contribution is 6.23. The quantitative estimate of drug-likeness (QED) is 0.215. The lowest BCUT2D eigenvalue weighted by atomic mass is 9.94. The molecule has 0 saturated carbocycles. The molecule has 0 radical (unpaired) electrons. The Labute approximate surface area is 341 Å². The normalized spacial score (nSPS) is 23.9. The number of carbonyl (C=O) groups excluding carboxylic acids is 4. The molecular weight excluding hydrogens is 756 g/mol. The molecule has 4 fully saturated rings. The number of halogens is 1. The molecule has 3 N–H and O–H groups in total. The summed E-state index contributed by atoms with van der Waals surface area (Å²) in [5, 5.41) is 7.92. The number of imide groups is 2. The van der Waals surface area contributed by atoms with E-state index in [1.54, 1.807) is 0 Å². The van der Waals surface area contributed by atoms with Crippen LogP contribution in [-0.2, 0) is 9.59 Å². The summed E-state index contributed by atoms with van der Waals surface area (Å²) in [6.45, 7) is 3.25. The summed E-state index contributed by atoms with van der Waals surface area (Å²) in [5.74, 6) is -0.937. The van der Waals surface area contributed by atoms with Crippen LogP contribution in [0, 0.1) is 0 Å². The summed E-state index contributed by atoms with van der Waals surface area (Å²) in [6.07, 6.45) is 2.56. The summed E-state index contributed by atoms with van der Waals surface area (Å²) in [4.78, 5) is 66.9. The zero-order valence-corrected chi connectivity index (χ0v) is 32.1. The van der Waals surface area contributed by atoms with Gasteiger partial charge in [0.2, 0.25) is 11.8 Å². The van der Waals surface area contributed by atoms with Crippen LogP contribution in [-0.4, -0.2) is 122 Å². The van der Waals surface area contributed by atoms with E-state index in [0.717, 1.165) is 29.1 Å². The number of nitrogens with one attached hydrogen (secondary N) is 1. The van der Waals surface area contributed by atoms with Crippen molar-refractivity contribution in [2.45, 2.75) is 62.4 Å². The molecule has 10 rings (SSSR count).